The number of rotatable bonds is 7. The van der Waals surface area contributed by atoms with Gasteiger partial charge in [0.25, 0.3) is 0 Å². The van der Waals surface area contributed by atoms with Gasteiger partial charge in [-0.1, -0.05) is 36.0 Å². The number of carbonyl (C=O) groups is 1. The third-order valence-corrected chi connectivity index (χ3v) is 8.24. The molecule has 0 radical (unpaired) electrons. The summed E-state index contributed by atoms with van der Waals surface area (Å²) >= 11 is 0. The van der Waals surface area contributed by atoms with Gasteiger partial charge in [-0.05, 0) is 64.3 Å². The van der Waals surface area contributed by atoms with E-state index >= 15 is 0 Å². The molecular weight excluding hydrogens is 535 g/mol. The van der Waals surface area contributed by atoms with Gasteiger partial charge in [0.1, 0.15) is 17.7 Å². The molecule has 5 rings (SSSR count). The molecule has 3 heterocycles. The van der Waals surface area contributed by atoms with E-state index in [4.69, 9.17) is 20.0 Å². The Morgan fingerprint density at radius 1 is 1.12 bits per heavy atom. The third-order valence-electron chi connectivity index (χ3n) is 8.24. The number of hydrogen-bond donors (Lipinski definition) is 1. The molecule has 41 heavy (non-hydrogen) atoms. The second-order valence-electron chi connectivity index (χ2n) is 11.1. The summed E-state index contributed by atoms with van der Waals surface area (Å²) in [5.74, 6) is 1.57. The maximum atomic E-state index is 13.5. The number of pyridine rings is 1. The van der Waals surface area contributed by atoms with Crippen molar-refractivity contribution >= 4 is 17.7 Å². The highest BCUT2D eigenvalue weighted by Gasteiger charge is 2.42. The van der Waals surface area contributed by atoms with E-state index in [2.05, 4.69) is 17.0 Å². The number of aromatic nitrogens is 2. The third kappa shape index (κ3) is 5.71. The van der Waals surface area contributed by atoms with E-state index in [1.54, 1.807) is 37.9 Å². The van der Waals surface area contributed by atoms with Crippen LogP contribution in [0.3, 0.4) is 0 Å². The summed E-state index contributed by atoms with van der Waals surface area (Å²) < 4.78 is 51.6. The Bertz CT molecular complexity index is 1400. The molecule has 1 saturated heterocycles. The van der Waals surface area contributed by atoms with Gasteiger partial charge in [0.2, 0.25) is 0 Å². The Hall–Kier alpha value is -3.76. The van der Waals surface area contributed by atoms with Crippen LogP contribution < -0.4 is 10.6 Å². The lowest BCUT2D eigenvalue weighted by atomic mass is 9.93. The first-order valence-corrected chi connectivity index (χ1v) is 14.1. The highest BCUT2D eigenvalue weighted by Crippen LogP contribution is 2.40. The van der Waals surface area contributed by atoms with Gasteiger partial charge in [0.15, 0.2) is 5.82 Å². The molecule has 3 aromatic rings. The Morgan fingerprint density at radius 2 is 1.85 bits per heavy atom. The molecular formula is C30H36F3N5O3. The molecule has 11 heteroatoms. The Balaban J connectivity index is 1.52. The van der Waals surface area contributed by atoms with Crippen LogP contribution in [0.25, 0.3) is 11.1 Å². The van der Waals surface area contributed by atoms with Gasteiger partial charge in [-0.25, -0.2) is 9.78 Å². The first kappa shape index (κ1) is 28.8. The number of amides is 1. The van der Waals surface area contributed by atoms with E-state index in [0.717, 1.165) is 55.7 Å². The van der Waals surface area contributed by atoms with Crippen LogP contribution in [0.2, 0.25) is 0 Å². The van der Waals surface area contributed by atoms with E-state index in [1.807, 2.05) is 6.07 Å². The molecule has 2 fully saturated rings. The summed E-state index contributed by atoms with van der Waals surface area (Å²) in [6.07, 6.45) is 1.46. The van der Waals surface area contributed by atoms with Gasteiger partial charge >= 0.3 is 12.3 Å². The standard InChI is InChI=1S/C30H36F3N5O3/c1-5-37(24-9-7-6-8-10-24)28-22(13-21(15-35-28)25-19(4)41-36-27(25)34)16-38-18(3)26(40-29(38)39)20-11-17(2)12-23(14-20)30(31,32)33/h11-15,18,24,26H,5-10,16H2,1-4H3,(H2,34,36)/t18-,26?/m0/s1. The normalized spacial score (nSPS) is 20.0. The van der Waals surface area contributed by atoms with Gasteiger partial charge < -0.3 is 19.9 Å². The molecule has 1 aliphatic heterocycles. The quantitative estimate of drug-likeness (QED) is 0.320. The summed E-state index contributed by atoms with van der Waals surface area (Å²) in [5, 5.41) is 3.87. The molecule has 8 nitrogen and oxygen atoms in total. The van der Waals surface area contributed by atoms with E-state index in [1.165, 1.54) is 6.42 Å². The number of carbonyl (C=O) groups excluding carboxylic acids is 1. The fourth-order valence-electron chi connectivity index (χ4n) is 6.21. The predicted molar refractivity (Wildman–Crippen MR) is 149 cm³/mol. The predicted octanol–water partition coefficient (Wildman–Crippen LogP) is 7.20. The number of ether oxygens (including phenoxy) is 1. The number of nitrogen functional groups attached to an aromatic ring is 1. The second-order valence-corrected chi connectivity index (χ2v) is 11.1. The van der Waals surface area contributed by atoms with Gasteiger partial charge in [-0.3, -0.25) is 4.90 Å². The number of hydrogen-bond acceptors (Lipinski definition) is 7. The molecule has 2 aromatic heterocycles. The van der Waals surface area contributed by atoms with Crippen LogP contribution >= 0.6 is 0 Å². The zero-order valence-electron chi connectivity index (χ0n) is 23.8. The Morgan fingerprint density at radius 3 is 2.49 bits per heavy atom. The number of benzene rings is 1. The molecule has 1 unspecified atom stereocenters. The molecule has 0 spiro atoms. The zero-order chi connectivity index (χ0) is 29.5. The van der Waals surface area contributed by atoms with Gasteiger partial charge in [-0.15, -0.1) is 0 Å². The van der Waals surface area contributed by atoms with Crippen LogP contribution in [0, 0.1) is 13.8 Å². The molecule has 1 aromatic carbocycles. The number of cyclic esters (lactones) is 1. The minimum atomic E-state index is -4.50. The molecule has 1 aliphatic carbocycles. The van der Waals surface area contributed by atoms with Crippen molar-refractivity contribution in [2.75, 3.05) is 17.2 Å². The molecule has 220 valence electrons. The smallest absolute Gasteiger partial charge is 0.416 e. The lowest BCUT2D eigenvalue weighted by Crippen LogP contribution is -2.39. The first-order chi connectivity index (χ1) is 19.5. The van der Waals surface area contributed by atoms with E-state index < -0.39 is 30.0 Å². The fourth-order valence-corrected chi connectivity index (χ4v) is 6.21. The van der Waals surface area contributed by atoms with Crippen LogP contribution in [0.4, 0.5) is 29.6 Å². The van der Waals surface area contributed by atoms with Crippen molar-refractivity contribution in [3.8, 4) is 11.1 Å². The van der Waals surface area contributed by atoms with Crippen LogP contribution in [0.5, 0.6) is 0 Å². The van der Waals surface area contributed by atoms with Crippen molar-refractivity contribution in [3.63, 3.8) is 0 Å². The largest absolute Gasteiger partial charge is 0.439 e. The second kappa shape index (κ2) is 11.3. The first-order valence-electron chi connectivity index (χ1n) is 14.1. The maximum absolute atomic E-state index is 13.5. The molecule has 1 amide bonds. The number of nitrogens with zero attached hydrogens (tertiary/aromatic N) is 4. The number of alkyl halides is 3. The number of halogens is 3. The van der Waals surface area contributed by atoms with Crippen molar-refractivity contribution in [1.29, 1.82) is 0 Å². The highest BCUT2D eigenvalue weighted by molar-refractivity contribution is 5.77. The minimum absolute atomic E-state index is 0.165. The summed E-state index contributed by atoms with van der Waals surface area (Å²) in [5.41, 5.74) is 8.25. The molecule has 2 atom stereocenters. The van der Waals surface area contributed by atoms with Crippen LogP contribution in [-0.2, 0) is 17.5 Å². The van der Waals surface area contributed by atoms with Crippen molar-refractivity contribution < 1.29 is 27.2 Å². The lowest BCUT2D eigenvalue weighted by Gasteiger charge is -2.36. The Labute approximate surface area is 237 Å². The Kier molecular flexibility index (Phi) is 7.89. The average Bonchev–Trinajstić information content (AvgIpc) is 3.42. The minimum Gasteiger partial charge on any atom is -0.439 e. The fraction of sp³-hybridized carbons (Fsp3) is 0.500. The highest BCUT2D eigenvalue weighted by atomic mass is 19.4. The van der Waals surface area contributed by atoms with Crippen LogP contribution in [-0.4, -0.2) is 39.8 Å². The summed E-state index contributed by atoms with van der Waals surface area (Å²) in [4.78, 5) is 21.9. The van der Waals surface area contributed by atoms with Crippen LogP contribution in [0.15, 0.2) is 35.0 Å². The van der Waals surface area contributed by atoms with Gasteiger partial charge in [0, 0.05) is 29.9 Å². The van der Waals surface area contributed by atoms with Crippen molar-refractivity contribution in [1.82, 2.24) is 15.0 Å². The molecule has 2 N–H and O–H groups in total. The van der Waals surface area contributed by atoms with E-state index in [0.29, 0.717) is 34.1 Å². The monoisotopic (exact) mass is 571 g/mol. The van der Waals surface area contributed by atoms with Gasteiger partial charge in [0.05, 0.1) is 23.7 Å². The number of anilines is 2. The summed E-state index contributed by atoms with van der Waals surface area (Å²) in [7, 11) is 0. The summed E-state index contributed by atoms with van der Waals surface area (Å²) in [6, 6.07) is 5.56. The zero-order valence-corrected chi connectivity index (χ0v) is 23.8. The van der Waals surface area contributed by atoms with E-state index in [-0.39, 0.29) is 12.4 Å². The maximum Gasteiger partial charge on any atom is 0.416 e. The molecule has 0 bridgehead atoms. The number of aryl methyl sites for hydroxylation is 2. The summed E-state index contributed by atoms with van der Waals surface area (Å²) in [6.45, 7) is 8.17. The van der Waals surface area contributed by atoms with Crippen molar-refractivity contribution in [2.24, 2.45) is 0 Å². The lowest BCUT2D eigenvalue weighted by molar-refractivity contribution is -0.137. The molecule has 2 aliphatic rings. The van der Waals surface area contributed by atoms with Crippen molar-refractivity contribution in [2.45, 2.75) is 90.7 Å². The van der Waals surface area contributed by atoms with Crippen LogP contribution in [0.1, 0.15) is 80.1 Å². The average molecular weight is 572 g/mol. The van der Waals surface area contributed by atoms with E-state index in [9.17, 15) is 18.0 Å². The SMILES string of the molecule is CCN(c1ncc(-c2c(N)noc2C)cc1CN1C(=O)OC(c2cc(C)cc(C(F)(F)F)c2)[C@@H]1C)C1CCCCC1. The van der Waals surface area contributed by atoms with Gasteiger partial charge in [-0.2, -0.15) is 13.2 Å². The molecule has 1 saturated carbocycles. The number of nitrogens with two attached hydrogens (primary N) is 1. The van der Waals surface area contributed by atoms with Crippen molar-refractivity contribution in [3.05, 3.63) is 58.5 Å². The topological polar surface area (TPSA) is 97.7 Å².